The lowest BCUT2D eigenvalue weighted by Crippen LogP contribution is -2.38. The standard InChI is InChI=1S/C12H21N5O3/c1-7-8(13)9(17-16-7)10(18)14-5-6-15-11(19)20-12(2,3)4/h5-6,13H2,1-4H3,(H,14,18)(H,15,19)(H,16,17). The van der Waals surface area contributed by atoms with Crippen LogP contribution in [0, 0.1) is 6.92 Å². The highest BCUT2D eigenvalue weighted by Crippen LogP contribution is 2.11. The number of carbonyl (C=O) groups excluding carboxylic acids is 2. The molecule has 0 aliphatic carbocycles. The van der Waals surface area contributed by atoms with E-state index in [2.05, 4.69) is 20.8 Å². The molecule has 0 radical (unpaired) electrons. The zero-order chi connectivity index (χ0) is 15.3. The molecule has 0 saturated carbocycles. The van der Waals surface area contributed by atoms with Crippen molar-refractivity contribution in [1.29, 1.82) is 0 Å². The van der Waals surface area contributed by atoms with Crippen molar-refractivity contribution in [2.75, 3.05) is 18.8 Å². The van der Waals surface area contributed by atoms with Crippen LogP contribution in [0.3, 0.4) is 0 Å². The number of nitrogens with two attached hydrogens (primary N) is 1. The van der Waals surface area contributed by atoms with Crippen molar-refractivity contribution >= 4 is 17.7 Å². The Labute approximate surface area is 117 Å². The number of aryl methyl sites for hydroxylation is 1. The Morgan fingerprint density at radius 1 is 1.30 bits per heavy atom. The Kier molecular flexibility index (Phi) is 4.95. The van der Waals surface area contributed by atoms with Crippen LogP contribution in [0.4, 0.5) is 10.5 Å². The first-order valence-electron chi connectivity index (χ1n) is 6.26. The minimum absolute atomic E-state index is 0.153. The number of hydrogen-bond acceptors (Lipinski definition) is 5. The van der Waals surface area contributed by atoms with E-state index >= 15 is 0 Å². The quantitative estimate of drug-likeness (QED) is 0.601. The molecule has 0 spiro atoms. The van der Waals surface area contributed by atoms with Crippen LogP contribution >= 0.6 is 0 Å². The zero-order valence-corrected chi connectivity index (χ0v) is 12.2. The smallest absolute Gasteiger partial charge is 0.407 e. The molecule has 0 atom stereocenters. The maximum absolute atomic E-state index is 11.7. The Bertz CT molecular complexity index is 490. The number of nitrogens with zero attached hydrogens (tertiary/aromatic N) is 1. The van der Waals surface area contributed by atoms with Gasteiger partial charge in [-0.15, -0.1) is 0 Å². The third kappa shape index (κ3) is 4.79. The van der Waals surface area contributed by atoms with Crippen molar-refractivity contribution in [2.45, 2.75) is 33.3 Å². The third-order valence-electron chi connectivity index (χ3n) is 2.29. The lowest BCUT2D eigenvalue weighted by atomic mass is 10.2. The van der Waals surface area contributed by atoms with Gasteiger partial charge < -0.3 is 21.1 Å². The Morgan fingerprint density at radius 3 is 2.40 bits per heavy atom. The summed E-state index contributed by atoms with van der Waals surface area (Å²) in [7, 11) is 0. The van der Waals surface area contributed by atoms with Gasteiger partial charge in [-0.05, 0) is 27.7 Å². The van der Waals surface area contributed by atoms with Gasteiger partial charge in [0.15, 0.2) is 5.69 Å². The van der Waals surface area contributed by atoms with Gasteiger partial charge in [-0.25, -0.2) is 4.79 Å². The minimum atomic E-state index is -0.547. The molecule has 1 rings (SSSR count). The van der Waals surface area contributed by atoms with Crippen LogP contribution < -0.4 is 16.4 Å². The second-order valence-electron chi connectivity index (χ2n) is 5.30. The van der Waals surface area contributed by atoms with Crippen LogP contribution in [0.2, 0.25) is 0 Å². The molecule has 2 amide bonds. The fourth-order valence-corrected chi connectivity index (χ4v) is 1.35. The summed E-state index contributed by atoms with van der Waals surface area (Å²) in [5.41, 5.74) is 6.25. The summed E-state index contributed by atoms with van der Waals surface area (Å²) < 4.78 is 5.05. The molecule has 0 aromatic carbocycles. The number of rotatable bonds is 4. The fraction of sp³-hybridized carbons (Fsp3) is 0.583. The first-order chi connectivity index (χ1) is 9.20. The van der Waals surface area contributed by atoms with Gasteiger partial charge in [0.05, 0.1) is 11.4 Å². The molecule has 112 valence electrons. The summed E-state index contributed by atoms with van der Waals surface area (Å²) in [6.45, 7) is 7.56. The SMILES string of the molecule is Cc1[nH]nc(C(=O)NCCNC(=O)OC(C)(C)C)c1N. The summed E-state index contributed by atoms with van der Waals surface area (Å²) >= 11 is 0. The Hall–Kier alpha value is -2.25. The fourth-order valence-electron chi connectivity index (χ4n) is 1.35. The minimum Gasteiger partial charge on any atom is -0.444 e. The van der Waals surface area contributed by atoms with Crippen LogP contribution in [0.15, 0.2) is 0 Å². The van der Waals surface area contributed by atoms with E-state index in [4.69, 9.17) is 10.5 Å². The molecule has 20 heavy (non-hydrogen) atoms. The second kappa shape index (κ2) is 6.27. The van der Waals surface area contributed by atoms with Crippen molar-refractivity contribution in [3.05, 3.63) is 11.4 Å². The van der Waals surface area contributed by atoms with Gasteiger partial charge in [0.1, 0.15) is 5.60 Å². The predicted molar refractivity (Wildman–Crippen MR) is 74.3 cm³/mol. The maximum atomic E-state index is 11.7. The topological polar surface area (TPSA) is 122 Å². The van der Waals surface area contributed by atoms with Gasteiger partial charge in [-0.3, -0.25) is 9.89 Å². The summed E-state index contributed by atoms with van der Waals surface area (Å²) in [6.07, 6.45) is -0.526. The highest BCUT2D eigenvalue weighted by atomic mass is 16.6. The van der Waals surface area contributed by atoms with Crippen molar-refractivity contribution in [3.63, 3.8) is 0 Å². The average molecular weight is 283 g/mol. The van der Waals surface area contributed by atoms with E-state index in [0.29, 0.717) is 11.4 Å². The van der Waals surface area contributed by atoms with E-state index < -0.39 is 17.6 Å². The van der Waals surface area contributed by atoms with Gasteiger partial charge in [-0.1, -0.05) is 0 Å². The molecule has 0 saturated heterocycles. The molecule has 1 aromatic heterocycles. The molecule has 0 aliphatic rings. The van der Waals surface area contributed by atoms with Crippen LogP contribution in [0.5, 0.6) is 0 Å². The number of aromatic nitrogens is 2. The van der Waals surface area contributed by atoms with Gasteiger partial charge in [0, 0.05) is 13.1 Å². The van der Waals surface area contributed by atoms with Crippen LogP contribution in [0.25, 0.3) is 0 Å². The monoisotopic (exact) mass is 283 g/mol. The van der Waals surface area contributed by atoms with Crippen molar-refractivity contribution in [2.24, 2.45) is 0 Å². The van der Waals surface area contributed by atoms with E-state index in [1.54, 1.807) is 27.7 Å². The first kappa shape index (κ1) is 15.8. The summed E-state index contributed by atoms with van der Waals surface area (Å²) in [5, 5.41) is 11.6. The molecular weight excluding hydrogens is 262 g/mol. The molecule has 1 heterocycles. The van der Waals surface area contributed by atoms with E-state index in [9.17, 15) is 9.59 Å². The lowest BCUT2D eigenvalue weighted by Gasteiger charge is -2.19. The van der Waals surface area contributed by atoms with Crippen LogP contribution in [-0.4, -0.2) is 40.9 Å². The third-order valence-corrected chi connectivity index (χ3v) is 2.29. The highest BCUT2D eigenvalue weighted by molar-refractivity contribution is 5.97. The van der Waals surface area contributed by atoms with Crippen molar-refractivity contribution < 1.29 is 14.3 Å². The molecule has 1 aromatic rings. The van der Waals surface area contributed by atoms with Crippen LogP contribution in [-0.2, 0) is 4.74 Å². The molecule has 8 heteroatoms. The molecular formula is C12H21N5O3. The molecule has 0 aliphatic heterocycles. The summed E-state index contributed by atoms with van der Waals surface area (Å²) in [4.78, 5) is 23.1. The number of amides is 2. The number of aromatic amines is 1. The number of ether oxygens (including phenoxy) is 1. The van der Waals surface area contributed by atoms with E-state index in [0.717, 1.165) is 0 Å². The molecule has 0 unspecified atom stereocenters. The number of anilines is 1. The van der Waals surface area contributed by atoms with Gasteiger partial charge in [0.2, 0.25) is 0 Å². The number of alkyl carbamates (subject to hydrolysis) is 1. The average Bonchev–Trinajstić information content (AvgIpc) is 2.63. The van der Waals surface area contributed by atoms with Crippen molar-refractivity contribution in [3.8, 4) is 0 Å². The van der Waals surface area contributed by atoms with Crippen LogP contribution in [0.1, 0.15) is 37.0 Å². The maximum Gasteiger partial charge on any atom is 0.407 e. The summed E-state index contributed by atoms with van der Waals surface area (Å²) in [5.74, 6) is -0.391. The van der Waals surface area contributed by atoms with E-state index in [-0.39, 0.29) is 18.8 Å². The number of hydrogen-bond donors (Lipinski definition) is 4. The molecule has 5 N–H and O–H groups in total. The van der Waals surface area contributed by atoms with Crippen molar-refractivity contribution in [1.82, 2.24) is 20.8 Å². The largest absolute Gasteiger partial charge is 0.444 e. The first-order valence-corrected chi connectivity index (χ1v) is 6.26. The van der Waals surface area contributed by atoms with Gasteiger partial charge in [-0.2, -0.15) is 5.10 Å². The highest BCUT2D eigenvalue weighted by Gasteiger charge is 2.16. The number of carbonyl (C=O) groups is 2. The van der Waals surface area contributed by atoms with E-state index in [1.807, 2.05) is 0 Å². The molecule has 8 nitrogen and oxygen atoms in total. The Morgan fingerprint density at radius 2 is 1.90 bits per heavy atom. The van der Waals surface area contributed by atoms with Gasteiger partial charge in [0.25, 0.3) is 5.91 Å². The number of nitrogens with one attached hydrogen (secondary N) is 3. The molecule has 0 bridgehead atoms. The van der Waals surface area contributed by atoms with Gasteiger partial charge >= 0.3 is 6.09 Å². The van der Waals surface area contributed by atoms with E-state index in [1.165, 1.54) is 0 Å². The number of nitrogen functional groups attached to an aromatic ring is 1. The normalized spacial score (nSPS) is 11.0. The Balaban J connectivity index is 2.30. The summed E-state index contributed by atoms with van der Waals surface area (Å²) in [6, 6.07) is 0. The predicted octanol–water partition coefficient (Wildman–Crippen LogP) is 0.555. The molecule has 0 fully saturated rings. The lowest BCUT2D eigenvalue weighted by molar-refractivity contribution is 0.0526. The number of H-pyrrole nitrogens is 1. The second-order valence-corrected chi connectivity index (χ2v) is 5.30. The zero-order valence-electron chi connectivity index (χ0n) is 12.2.